The molecule has 0 aromatic carbocycles. The van der Waals surface area contributed by atoms with Gasteiger partial charge in [-0.05, 0) is 12.2 Å². The SMILES string of the molecule is CC(=O)OCC1(COC(C)=O)OC=CC=CO1. The molecule has 6 heteroatoms. The van der Waals surface area contributed by atoms with E-state index in [1.165, 1.54) is 26.4 Å². The van der Waals surface area contributed by atoms with E-state index in [1.54, 1.807) is 12.2 Å². The molecular weight excluding hydrogens is 228 g/mol. The molecular formula is C11H14O6. The molecule has 0 saturated heterocycles. The van der Waals surface area contributed by atoms with Crippen LogP contribution in [0.1, 0.15) is 13.8 Å². The Balaban J connectivity index is 2.67. The van der Waals surface area contributed by atoms with E-state index in [4.69, 9.17) is 18.9 Å². The number of ether oxygens (including phenoxy) is 4. The van der Waals surface area contributed by atoms with Gasteiger partial charge in [0.1, 0.15) is 0 Å². The molecule has 0 amide bonds. The van der Waals surface area contributed by atoms with Crippen LogP contribution in [0.25, 0.3) is 0 Å². The minimum atomic E-state index is -1.33. The number of carbonyl (C=O) groups is 2. The molecule has 0 aromatic rings. The fourth-order valence-corrected chi connectivity index (χ4v) is 1.05. The Morgan fingerprint density at radius 3 is 1.76 bits per heavy atom. The van der Waals surface area contributed by atoms with Crippen molar-refractivity contribution in [2.24, 2.45) is 0 Å². The second-order valence-corrected chi connectivity index (χ2v) is 3.36. The number of esters is 2. The average molecular weight is 242 g/mol. The molecule has 0 aromatic heterocycles. The Morgan fingerprint density at radius 1 is 1.00 bits per heavy atom. The van der Waals surface area contributed by atoms with Crippen LogP contribution in [-0.2, 0) is 28.5 Å². The van der Waals surface area contributed by atoms with Crippen molar-refractivity contribution in [3.8, 4) is 0 Å². The summed E-state index contributed by atoms with van der Waals surface area (Å²) in [7, 11) is 0. The topological polar surface area (TPSA) is 71.1 Å². The van der Waals surface area contributed by atoms with Crippen molar-refractivity contribution in [3.05, 3.63) is 24.7 Å². The summed E-state index contributed by atoms with van der Waals surface area (Å²) in [5, 5.41) is 0. The van der Waals surface area contributed by atoms with Crippen LogP contribution in [0.2, 0.25) is 0 Å². The molecule has 0 radical (unpaired) electrons. The van der Waals surface area contributed by atoms with Crippen molar-refractivity contribution in [2.45, 2.75) is 19.6 Å². The lowest BCUT2D eigenvalue weighted by Crippen LogP contribution is -2.43. The molecule has 0 fully saturated rings. The number of rotatable bonds is 4. The molecule has 0 aliphatic carbocycles. The van der Waals surface area contributed by atoms with Gasteiger partial charge in [-0.2, -0.15) is 0 Å². The van der Waals surface area contributed by atoms with Gasteiger partial charge >= 0.3 is 17.7 Å². The molecule has 17 heavy (non-hydrogen) atoms. The largest absolute Gasteiger partial charge is 0.457 e. The summed E-state index contributed by atoms with van der Waals surface area (Å²) in [5.41, 5.74) is 0. The minimum Gasteiger partial charge on any atom is -0.457 e. The van der Waals surface area contributed by atoms with Gasteiger partial charge in [0.25, 0.3) is 0 Å². The van der Waals surface area contributed by atoms with Gasteiger partial charge in [0.2, 0.25) is 0 Å². The van der Waals surface area contributed by atoms with Crippen LogP contribution in [0.3, 0.4) is 0 Å². The second-order valence-electron chi connectivity index (χ2n) is 3.36. The third-order valence-corrected chi connectivity index (χ3v) is 1.82. The fraction of sp³-hybridized carbons (Fsp3) is 0.455. The number of hydrogen-bond acceptors (Lipinski definition) is 6. The third-order valence-electron chi connectivity index (χ3n) is 1.82. The van der Waals surface area contributed by atoms with E-state index in [1.807, 2.05) is 0 Å². The van der Waals surface area contributed by atoms with Crippen LogP contribution in [0.15, 0.2) is 24.7 Å². The van der Waals surface area contributed by atoms with Gasteiger partial charge in [0.15, 0.2) is 13.2 Å². The zero-order chi connectivity index (χ0) is 12.7. The molecule has 1 rings (SSSR count). The molecule has 0 saturated carbocycles. The zero-order valence-corrected chi connectivity index (χ0v) is 9.67. The van der Waals surface area contributed by atoms with E-state index in [9.17, 15) is 9.59 Å². The first-order chi connectivity index (χ1) is 8.04. The highest BCUT2D eigenvalue weighted by molar-refractivity contribution is 5.66. The highest BCUT2D eigenvalue weighted by Crippen LogP contribution is 2.18. The Bertz CT molecular complexity index is 310. The van der Waals surface area contributed by atoms with Crippen molar-refractivity contribution < 1.29 is 28.5 Å². The monoisotopic (exact) mass is 242 g/mol. The quantitative estimate of drug-likeness (QED) is 0.681. The standard InChI is InChI=1S/C11H14O6/c1-9(12)14-7-11(8-15-10(2)13)16-5-3-4-6-17-11/h3-6H,7-8H2,1-2H3. The minimum absolute atomic E-state index is 0.176. The molecule has 1 aliphatic rings. The Morgan fingerprint density at radius 2 is 1.41 bits per heavy atom. The van der Waals surface area contributed by atoms with Crippen LogP contribution in [0, 0.1) is 0 Å². The van der Waals surface area contributed by atoms with E-state index in [2.05, 4.69) is 0 Å². The zero-order valence-electron chi connectivity index (χ0n) is 9.67. The lowest BCUT2D eigenvalue weighted by molar-refractivity contribution is -0.229. The number of hydrogen-bond donors (Lipinski definition) is 0. The molecule has 6 nitrogen and oxygen atoms in total. The van der Waals surface area contributed by atoms with Crippen LogP contribution in [-0.4, -0.2) is 30.9 Å². The van der Waals surface area contributed by atoms with E-state index in [-0.39, 0.29) is 13.2 Å². The highest BCUT2D eigenvalue weighted by Gasteiger charge is 2.37. The van der Waals surface area contributed by atoms with Gasteiger partial charge in [-0.1, -0.05) is 0 Å². The van der Waals surface area contributed by atoms with Crippen molar-refractivity contribution >= 4 is 11.9 Å². The summed E-state index contributed by atoms with van der Waals surface area (Å²) in [6.07, 6.45) is 5.94. The fourth-order valence-electron chi connectivity index (χ4n) is 1.05. The van der Waals surface area contributed by atoms with Crippen molar-refractivity contribution in [2.75, 3.05) is 13.2 Å². The van der Waals surface area contributed by atoms with E-state index in [0.717, 1.165) is 0 Å². The molecule has 94 valence electrons. The lowest BCUT2D eigenvalue weighted by Gasteiger charge is -2.29. The van der Waals surface area contributed by atoms with Crippen molar-refractivity contribution in [1.29, 1.82) is 0 Å². The van der Waals surface area contributed by atoms with Gasteiger partial charge in [0.05, 0.1) is 12.5 Å². The summed E-state index contributed by atoms with van der Waals surface area (Å²) in [4.78, 5) is 21.6. The van der Waals surface area contributed by atoms with Gasteiger partial charge in [-0.3, -0.25) is 9.59 Å². The summed E-state index contributed by atoms with van der Waals surface area (Å²) >= 11 is 0. The van der Waals surface area contributed by atoms with Crippen molar-refractivity contribution in [3.63, 3.8) is 0 Å². The first-order valence-electron chi connectivity index (χ1n) is 4.98. The number of allylic oxidation sites excluding steroid dienone is 2. The lowest BCUT2D eigenvalue weighted by atomic mass is 10.3. The third kappa shape index (κ3) is 4.58. The summed E-state index contributed by atoms with van der Waals surface area (Å²) < 4.78 is 20.2. The van der Waals surface area contributed by atoms with Crippen LogP contribution in [0.5, 0.6) is 0 Å². The predicted molar refractivity (Wildman–Crippen MR) is 56.4 cm³/mol. The predicted octanol–water partition coefficient (Wildman–Crippen LogP) is 0.883. The van der Waals surface area contributed by atoms with Gasteiger partial charge in [0, 0.05) is 13.8 Å². The Labute approximate surface area is 98.8 Å². The number of carbonyl (C=O) groups excluding carboxylic acids is 2. The van der Waals surface area contributed by atoms with Crippen LogP contribution in [0.4, 0.5) is 0 Å². The molecule has 0 spiro atoms. The maximum absolute atomic E-state index is 10.8. The summed E-state index contributed by atoms with van der Waals surface area (Å²) in [6, 6.07) is 0. The Kier molecular flexibility index (Phi) is 4.56. The van der Waals surface area contributed by atoms with Crippen LogP contribution >= 0.6 is 0 Å². The molecule has 0 atom stereocenters. The van der Waals surface area contributed by atoms with E-state index < -0.39 is 17.7 Å². The van der Waals surface area contributed by atoms with E-state index >= 15 is 0 Å². The first kappa shape index (κ1) is 13.1. The molecule has 0 unspecified atom stereocenters. The van der Waals surface area contributed by atoms with Gasteiger partial charge in [-0.15, -0.1) is 0 Å². The molecule has 0 bridgehead atoms. The van der Waals surface area contributed by atoms with Crippen LogP contribution < -0.4 is 0 Å². The normalized spacial score (nSPS) is 16.4. The first-order valence-corrected chi connectivity index (χ1v) is 4.98. The molecule has 1 aliphatic heterocycles. The molecule has 0 N–H and O–H groups in total. The van der Waals surface area contributed by atoms with E-state index in [0.29, 0.717) is 0 Å². The Hall–Kier alpha value is -1.98. The van der Waals surface area contributed by atoms with Gasteiger partial charge in [-0.25, -0.2) is 0 Å². The van der Waals surface area contributed by atoms with Gasteiger partial charge < -0.3 is 18.9 Å². The van der Waals surface area contributed by atoms with Crippen molar-refractivity contribution in [1.82, 2.24) is 0 Å². The maximum atomic E-state index is 10.8. The summed E-state index contributed by atoms with van der Waals surface area (Å²) in [6.45, 7) is 2.18. The molecule has 1 heterocycles. The average Bonchev–Trinajstić information content (AvgIpc) is 2.50. The highest BCUT2D eigenvalue weighted by atomic mass is 16.7. The summed E-state index contributed by atoms with van der Waals surface area (Å²) in [5.74, 6) is -2.28. The second kappa shape index (κ2) is 5.93. The maximum Gasteiger partial charge on any atom is 0.319 e. The smallest absolute Gasteiger partial charge is 0.319 e.